The van der Waals surface area contributed by atoms with Gasteiger partial charge in [-0.1, -0.05) is 13.8 Å². The summed E-state index contributed by atoms with van der Waals surface area (Å²) in [6.07, 6.45) is 0.831. The topological polar surface area (TPSA) is 94.0 Å². The van der Waals surface area contributed by atoms with E-state index in [4.69, 9.17) is 14.5 Å². The van der Waals surface area contributed by atoms with Crippen molar-refractivity contribution in [2.75, 3.05) is 27.2 Å². The maximum atomic E-state index is 13.6. The van der Waals surface area contributed by atoms with E-state index in [-0.39, 0.29) is 18.1 Å². The van der Waals surface area contributed by atoms with E-state index >= 15 is 0 Å². The molecule has 2 aliphatic heterocycles. The number of pyridine rings is 2. The average Bonchev–Trinajstić information content (AvgIpc) is 3.26. The maximum absolute atomic E-state index is 13.6. The number of esters is 1. The molecule has 0 saturated heterocycles. The van der Waals surface area contributed by atoms with Gasteiger partial charge in [0.1, 0.15) is 12.4 Å². The first-order chi connectivity index (χ1) is 18.1. The van der Waals surface area contributed by atoms with Crippen molar-refractivity contribution in [2.45, 2.75) is 52.2 Å². The number of nitrogens with zero attached hydrogens (tertiary/aromatic N) is 4. The highest BCUT2D eigenvalue weighted by atomic mass is 127. The first-order valence-electron chi connectivity index (χ1n) is 12.8. The number of halogens is 1. The number of benzene rings is 1. The molecule has 38 heavy (non-hydrogen) atoms. The summed E-state index contributed by atoms with van der Waals surface area (Å²) in [5.74, 6) is 0.149. The Bertz CT molecular complexity index is 1530. The Morgan fingerprint density at radius 1 is 1.18 bits per heavy atom. The van der Waals surface area contributed by atoms with Crippen LogP contribution in [0.15, 0.2) is 29.1 Å². The monoisotopic (exact) mass is 630 g/mol. The molecule has 3 aromatic rings. The minimum atomic E-state index is -0.867. The average molecular weight is 630 g/mol. The van der Waals surface area contributed by atoms with Gasteiger partial charge in [-0.3, -0.25) is 9.59 Å². The number of carbonyl (C=O) groups is 2. The number of likely N-dealkylation sites (N-methyl/N-ethyl adjacent to an activating group) is 2. The fourth-order valence-electron chi connectivity index (χ4n) is 5.33. The van der Waals surface area contributed by atoms with Gasteiger partial charge in [-0.2, -0.15) is 0 Å². The van der Waals surface area contributed by atoms with Crippen LogP contribution in [0.3, 0.4) is 0 Å². The third kappa shape index (κ3) is 4.27. The summed E-state index contributed by atoms with van der Waals surface area (Å²) < 4.78 is 14.8. The van der Waals surface area contributed by atoms with Crippen LogP contribution < -0.4 is 10.3 Å². The van der Waals surface area contributed by atoms with Gasteiger partial charge in [0.25, 0.3) is 5.56 Å². The molecule has 4 heterocycles. The predicted molar refractivity (Wildman–Crippen MR) is 153 cm³/mol. The zero-order valence-electron chi connectivity index (χ0n) is 22.3. The van der Waals surface area contributed by atoms with Crippen molar-refractivity contribution < 1.29 is 19.1 Å². The van der Waals surface area contributed by atoms with Gasteiger partial charge < -0.3 is 18.9 Å². The molecule has 1 amide bonds. The lowest BCUT2D eigenvalue weighted by Gasteiger charge is -2.33. The van der Waals surface area contributed by atoms with E-state index < -0.39 is 11.5 Å². The molecule has 1 atom stereocenters. The van der Waals surface area contributed by atoms with Crippen LogP contribution in [0.1, 0.15) is 49.4 Å². The Morgan fingerprint density at radius 2 is 1.95 bits per heavy atom. The van der Waals surface area contributed by atoms with Crippen molar-refractivity contribution in [3.05, 3.63) is 56.9 Å². The summed E-state index contributed by atoms with van der Waals surface area (Å²) in [6, 6.07) is 7.41. The number of hydrogen-bond acceptors (Lipinski definition) is 7. The molecule has 0 bridgehead atoms. The second-order valence-corrected chi connectivity index (χ2v) is 11.8. The number of carbonyl (C=O) groups excluding carboxylic acids is 2. The van der Waals surface area contributed by atoms with E-state index in [2.05, 4.69) is 29.8 Å². The van der Waals surface area contributed by atoms with Crippen LogP contribution in [0, 0.1) is 0 Å². The molecule has 200 valence electrons. The second kappa shape index (κ2) is 9.96. The minimum Gasteiger partial charge on any atom is -0.460 e. The smallest absolute Gasteiger partial charge is 0.415 e. The van der Waals surface area contributed by atoms with Gasteiger partial charge in [0.15, 0.2) is 0 Å². The molecule has 2 aromatic heterocycles. The number of aryl methyl sites for hydroxylation is 1. The number of cyclic esters (lactones) is 1. The maximum Gasteiger partial charge on any atom is 0.415 e. The highest BCUT2D eigenvalue weighted by Crippen LogP contribution is 2.41. The van der Waals surface area contributed by atoms with E-state index in [1.54, 1.807) is 22.6 Å². The van der Waals surface area contributed by atoms with Crippen molar-refractivity contribution in [1.29, 1.82) is 0 Å². The number of aromatic nitrogens is 2. The lowest BCUT2D eigenvalue weighted by molar-refractivity contribution is -0.153. The molecule has 1 aromatic carbocycles. The first-order valence-corrected chi connectivity index (χ1v) is 13.8. The van der Waals surface area contributed by atoms with Crippen molar-refractivity contribution in [1.82, 2.24) is 17.6 Å². The number of ether oxygens (including phenoxy) is 2. The van der Waals surface area contributed by atoms with E-state index in [1.807, 2.05) is 42.2 Å². The third-order valence-electron chi connectivity index (χ3n) is 7.85. The largest absolute Gasteiger partial charge is 0.460 e. The molecule has 10 heteroatoms. The lowest BCUT2D eigenvalue weighted by atomic mass is 9.76. The van der Waals surface area contributed by atoms with Crippen LogP contribution in [0.4, 0.5) is 4.79 Å². The van der Waals surface area contributed by atoms with Crippen LogP contribution in [0.2, 0.25) is 0 Å². The minimum absolute atomic E-state index is 0.00739. The molecule has 0 saturated carbocycles. The summed E-state index contributed by atoms with van der Waals surface area (Å²) >= 11 is 2.18. The molecule has 0 spiro atoms. The van der Waals surface area contributed by atoms with E-state index in [1.165, 1.54) is 0 Å². The number of amides is 1. The van der Waals surface area contributed by atoms with Gasteiger partial charge in [-0.05, 0) is 62.2 Å². The standard InChI is InChI=1S/C28H31IN4O5/c1-6-17-18-12-16(38-27(36)31(4)10-11-32(5)29)8-9-22(18)30-24-19(17)14-33-23(24)13-21-20(25(33)34)15-37-26(35)28(21,3)7-2/h8-9,12-13H,6-7,10-11,14-15H2,1-5H3/t28-/m1/s1. The molecular weight excluding hydrogens is 599 g/mol. The molecule has 5 rings (SSSR count). The molecule has 9 nitrogen and oxygen atoms in total. The van der Waals surface area contributed by atoms with E-state index in [0.29, 0.717) is 30.8 Å². The van der Waals surface area contributed by atoms with Crippen molar-refractivity contribution in [3.63, 3.8) is 0 Å². The quantitative estimate of drug-likeness (QED) is 0.177. The third-order valence-corrected chi connectivity index (χ3v) is 8.33. The first kappa shape index (κ1) is 26.6. The zero-order valence-corrected chi connectivity index (χ0v) is 24.4. The summed E-state index contributed by atoms with van der Waals surface area (Å²) in [4.78, 5) is 45.4. The predicted octanol–water partition coefficient (Wildman–Crippen LogP) is 4.42. The Balaban J connectivity index is 1.57. The second-order valence-electron chi connectivity index (χ2n) is 10.1. The fourth-order valence-corrected chi connectivity index (χ4v) is 5.54. The van der Waals surface area contributed by atoms with Crippen LogP contribution >= 0.6 is 22.9 Å². The molecule has 0 N–H and O–H groups in total. The number of hydrogen-bond donors (Lipinski definition) is 0. The van der Waals surface area contributed by atoms with E-state index in [0.717, 1.165) is 51.9 Å². The number of fused-ring (bicyclic) bond motifs is 5. The van der Waals surface area contributed by atoms with E-state index in [9.17, 15) is 14.4 Å². The molecule has 0 aliphatic carbocycles. The van der Waals surface area contributed by atoms with Gasteiger partial charge in [0, 0.05) is 54.0 Å². The SMILES string of the molecule is CCc1c2c(nc3ccc(OC(=O)N(C)CCN(C)I)cc13)-c1cc3c(c(=O)n1C2)COC(=O)[C@]3(C)CC. The molecule has 2 aliphatic rings. The van der Waals surface area contributed by atoms with Crippen molar-refractivity contribution in [2.24, 2.45) is 0 Å². The normalized spacial score (nSPS) is 17.7. The fraction of sp³-hybridized carbons (Fsp3) is 0.429. The highest BCUT2D eigenvalue weighted by molar-refractivity contribution is 14.1. The molecule has 0 unspecified atom stereocenters. The highest BCUT2D eigenvalue weighted by Gasteiger charge is 2.43. The van der Waals surface area contributed by atoms with Crippen molar-refractivity contribution in [3.8, 4) is 17.1 Å². The summed E-state index contributed by atoms with van der Waals surface area (Å²) in [7, 11) is 3.66. The van der Waals surface area contributed by atoms with Crippen LogP contribution in [0.5, 0.6) is 5.75 Å². The Hall–Kier alpha value is -2.99. The van der Waals surface area contributed by atoms with Gasteiger partial charge in [-0.15, -0.1) is 0 Å². The molecule has 0 fully saturated rings. The van der Waals surface area contributed by atoms with Gasteiger partial charge in [0.2, 0.25) is 0 Å². The summed E-state index contributed by atoms with van der Waals surface area (Å²) in [5, 5.41) is 0.897. The van der Waals surface area contributed by atoms with Crippen LogP contribution in [-0.2, 0) is 34.5 Å². The molecular formula is C28H31IN4O5. The lowest BCUT2D eigenvalue weighted by Crippen LogP contribution is -2.42. The zero-order chi connectivity index (χ0) is 27.4. The van der Waals surface area contributed by atoms with Gasteiger partial charge in [0.05, 0.1) is 34.4 Å². The summed E-state index contributed by atoms with van der Waals surface area (Å²) in [6.45, 7) is 7.50. The Morgan fingerprint density at radius 3 is 2.63 bits per heavy atom. The Labute approximate surface area is 235 Å². The van der Waals surface area contributed by atoms with Gasteiger partial charge in [-0.25, -0.2) is 12.9 Å². The van der Waals surface area contributed by atoms with Crippen LogP contribution in [0.25, 0.3) is 22.3 Å². The van der Waals surface area contributed by atoms with Gasteiger partial charge >= 0.3 is 12.1 Å². The van der Waals surface area contributed by atoms with Crippen LogP contribution in [-0.4, -0.2) is 56.8 Å². The Kier molecular flexibility index (Phi) is 6.97. The van der Waals surface area contributed by atoms with Crippen molar-refractivity contribution >= 4 is 45.8 Å². The summed E-state index contributed by atoms with van der Waals surface area (Å²) in [5.41, 5.74) is 4.57. The molecule has 0 radical (unpaired) electrons. The number of rotatable bonds is 6.